The lowest BCUT2D eigenvalue weighted by Crippen LogP contribution is -2.05. The molecule has 3 nitrogen and oxygen atoms in total. The van der Waals surface area contributed by atoms with E-state index in [4.69, 9.17) is 0 Å². The minimum atomic E-state index is -1.07. The molecular weight excluding hydrogens is 258 g/mol. The normalized spacial score (nSPS) is 12.7. The van der Waals surface area contributed by atoms with Gasteiger partial charge in [0.25, 0.3) is 0 Å². The number of benzene rings is 1. The molecule has 1 N–H and O–H groups in total. The maximum absolute atomic E-state index is 13.4. The van der Waals surface area contributed by atoms with Gasteiger partial charge in [-0.15, -0.1) is 0 Å². The molecule has 0 saturated carbocycles. The van der Waals surface area contributed by atoms with Gasteiger partial charge in [0.15, 0.2) is 5.16 Å². The molecule has 0 saturated heterocycles. The largest absolute Gasteiger partial charge is 0.387 e. The van der Waals surface area contributed by atoms with E-state index in [0.29, 0.717) is 5.16 Å². The van der Waals surface area contributed by atoms with E-state index in [1.54, 1.807) is 17.0 Å². The molecule has 0 fully saturated rings. The summed E-state index contributed by atoms with van der Waals surface area (Å²) < 4.78 is 28.2. The first kappa shape index (κ1) is 13.0. The van der Waals surface area contributed by atoms with Gasteiger partial charge in [-0.25, -0.2) is 13.8 Å². The third-order valence-corrected chi connectivity index (χ3v) is 3.60. The van der Waals surface area contributed by atoms with E-state index in [2.05, 4.69) is 4.98 Å². The van der Waals surface area contributed by atoms with Gasteiger partial charge in [-0.05, 0) is 18.2 Å². The van der Waals surface area contributed by atoms with Crippen molar-refractivity contribution in [2.24, 2.45) is 7.05 Å². The van der Waals surface area contributed by atoms with Crippen LogP contribution in [0.25, 0.3) is 0 Å². The number of aliphatic hydroxyl groups is 1. The summed E-state index contributed by atoms with van der Waals surface area (Å²) in [5, 5.41) is 10.6. The van der Waals surface area contributed by atoms with Gasteiger partial charge in [-0.3, -0.25) is 0 Å². The Labute approximate surface area is 107 Å². The number of aliphatic hydroxyl groups excluding tert-OH is 1. The first-order valence-electron chi connectivity index (χ1n) is 5.31. The van der Waals surface area contributed by atoms with Crippen molar-refractivity contribution >= 4 is 11.8 Å². The van der Waals surface area contributed by atoms with Crippen LogP contribution in [-0.2, 0) is 7.05 Å². The summed E-state index contributed by atoms with van der Waals surface area (Å²) in [5.41, 5.74) is -0.0308. The van der Waals surface area contributed by atoms with Crippen LogP contribution in [0.3, 0.4) is 0 Å². The second-order valence-electron chi connectivity index (χ2n) is 3.81. The summed E-state index contributed by atoms with van der Waals surface area (Å²) in [6, 6.07) is 3.05. The van der Waals surface area contributed by atoms with E-state index in [0.717, 1.165) is 18.2 Å². The van der Waals surface area contributed by atoms with Crippen LogP contribution in [0.4, 0.5) is 8.78 Å². The van der Waals surface area contributed by atoms with Crippen LogP contribution in [0.5, 0.6) is 0 Å². The van der Waals surface area contributed by atoms with E-state index < -0.39 is 17.7 Å². The zero-order valence-electron chi connectivity index (χ0n) is 9.68. The fourth-order valence-corrected chi connectivity index (χ4v) is 2.39. The third-order valence-electron chi connectivity index (χ3n) is 2.46. The molecule has 0 aliphatic heterocycles. The number of rotatable bonds is 4. The summed E-state index contributed by atoms with van der Waals surface area (Å²) in [4.78, 5) is 4.07. The smallest absolute Gasteiger partial charge is 0.167 e. The molecule has 0 aliphatic carbocycles. The number of hydrogen-bond donors (Lipinski definition) is 1. The molecule has 1 aromatic carbocycles. The van der Waals surface area contributed by atoms with Crippen LogP contribution in [0.1, 0.15) is 11.7 Å². The van der Waals surface area contributed by atoms with Gasteiger partial charge in [-0.1, -0.05) is 11.8 Å². The van der Waals surface area contributed by atoms with Crippen molar-refractivity contribution in [2.75, 3.05) is 5.75 Å². The fourth-order valence-electron chi connectivity index (χ4n) is 1.50. The Kier molecular flexibility index (Phi) is 3.98. The van der Waals surface area contributed by atoms with Crippen LogP contribution in [0.2, 0.25) is 0 Å². The Morgan fingerprint density at radius 2 is 2.22 bits per heavy atom. The highest BCUT2D eigenvalue weighted by Gasteiger charge is 2.15. The number of nitrogens with zero attached hydrogens (tertiary/aromatic N) is 2. The predicted octanol–water partition coefficient (Wildman–Crippen LogP) is 2.52. The molecule has 0 spiro atoms. The lowest BCUT2D eigenvalue weighted by atomic mass is 10.1. The van der Waals surface area contributed by atoms with E-state index in [-0.39, 0.29) is 11.3 Å². The summed E-state index contributed by atoms with van der Waals surface area (Å²) in [5.74, 6) is -0.956. The molecule has 2 rings (SSSR count). The Bertz CT molecular complexity index is 545. The van der Waals surface area contributed by atoms with Crippen molar-refractivity contribution in [3.05, 3.63) is 47.8 Å². The Hall–Kier alpha value is -1.40. The molecule has 0 radical (unpaired) electrons. The van der Waals surface area contributed by atoms with Gasteiger partial charge in [0.1, 0.15) is 11.6 Å². The highest BCUT2D eigenvalue weighted by atomic mass is 32.2. The highest BCUT2D eigenvalue weighted by Crippen LogP contribution is 2.25. The Morgan fingerprint density at radius 1 is 1.44 bits per heavy atom. The molecule has 1 unspecified atom stereocenters. The zero-order chi connectivity index (χ0) is 13.1. The molecule has 0 bridgehead atoms. The van der Waals surface area contributed by atoms with Crippen molar-refractivity contribution in [1.29, 1.82) is 0 Å². The summed E-state index contributed by atoms with van der Waals surface area (Å²) in [6.45, 7) is 0. The number of hydrogen-bond acceptors (Lipinski definition) is 3. The maximum atomic E-state index is 13.4. The van der Waals surface area contributed by atoms with Gasteiger partial charge in [-0.2, -0.15) is 0 Å². The quantitative estimate of drug-likeness (QED) is 0.868. The van der Waals surface area contributed by atoms with E-state index in [9.17, 15) is 13.9 Å². The molecule has 1 atom stereocenters. The molecule has 0 amide bonds. The van der Waals surface area contributed by atoms with Crippen molar-refractivity contribution in [3.63, 3.8) is 0 Å². The van der Waals surface area contributed by atoms with Gasteiger partial charge < -0.3 is 9.67 Å². The summed E-state index contributed by atoms with van der Waals surface area (Å²) in [6.07, 6.45) is 2.34. The van der Waals surface area contributed by atoms with Crippen LogP contribution < -0.4 is 0 Å². The molecule has 18 heavy (non-hydrogen) atoms. The average molecular weight is 270 g/mol. The minimum absolute atomic E-state index is 0.0308. The molecule has 2 aromatic rings. The monoisotopic (exact) mass is 270 g/mol. The second kappa shape index (κ2) is 5.49. The predicted molar refractivity (Wildman–Crippen MR) is 65.2 cm³/mol. The van der Waals surface area contributed by atoms with Crippen LogP contribution in [-0.4, -0.2) is 20.4 Å². The third kappa shape index (κ3) is 2.88. The van der Waals surface area contributed by atoms with Crippen molar-refractivity contribution < 1.29 is 13.9 Å². The van der Waals surface area contributed by atoms with Crippen LogP contribution in [0.15, 0.2) is 35.7 Å². The lowest BCUT2D eigenvalue weighted by molar-refractivity contribution is 0.198. The summed E-state index contributed by atoms with van der Waals surface area (Å²) >= 11 is 1.28. The van der Waals surface area contributed by atoms with E-state index in [1.165, 1.54) is 11.8 Å². The first-order chi connectivity index (χ1) is 8.58. The first-order valence-corrected chi connectivity index (χ1v) is 6.29. The van der Waals surface area contributed by atoms with Crippen LogP contribution >= 0.6 is 11.8 Å². The van der Waals surface area contributed by atoms with Gasteiger partial charge in [0.05, 0.1) is 6.10 Å². The number of thioether (sulfide) groups is 1. The van der Waals surface area contributed by atoms with Gasteiger partial charge >= 0.3 is 0 Å². The fraction of sp³-hybridized carbons (Fsp3) is 0.250. The maximum Gasteiger partial charge on any atom is 0.167 e. The van der Waals surface area contributed by atoms with E-state index in [1.807, 2.05) is 7.05 Å². The number of halogens is 2. The van der Waals surface area contributed by atoms with E-state index >= 15 is 0 Å². The van der Waals surface area contributed by atoms with Crippen molar-refractivity contribution in [3.8, 4) is 0 Å². The minimum Gasteiger partial charge on any atom is -0.387 e. The standard InChI is InChI=1S/C12H12F2N2OS/c1-16-5-4-15-12(16)18-7-11(17)9-6-8(13)2-3-10(9)14/h2-6,11,17H,7H2,1H3. The SMILES string of the molecule is Cn1ccnc1SCC(O)c1cc(F)ccc1F. The Morgan fingerprint density at radius 3 is 2.89 bits per heavy atom. The molecule has 1 aromatic heterocycles. The van der Waals surface area contributed by atoms with Gasteiger partial charge in [0, 0.05) is 30.8 Å². The number of imidazole rings is 1. The lowest BCUT2D eigenvalue weighted by Gasteiger charge is -2.11. The van der Waals surface area contributed by atoms with Gasteiger partial charge in [0.2, 0.25) is 0 Å². The second-order valence-corrected chi connectivity index (χ2v) is 4.80. The van der Waals surface area contributed by atoms with Crippen molar-refractivity contribution in [2.45, 2.75) is 11.3 Å². The zero-order valence-corrected chi connectivity index (χ0v) is 10.5. The number of aromatic nitrogens is 2. The molecule has 1 heterocycles. The molecule has 96 valence electrons. The molecule has 0 aliphatic rings. The molecule has 6 heteroatoms. The average Bonchev–Trinajstić information content (AvgIpc) is 2.75. The summed E-state index contributed by atoms with van der Waals surface area (Å²) in [7, 11) is 1.82. The highest BCUT2D eigenvalue weighted by molar-refractivity contribution is 7.99. The van der Waals surface area contributed by atoms with Crippen molar-refractivity contribution in [1.82, 2.24) is 9.55 Å². The number of aryl methyl sites for hydroxylation is 1. The Balaban J connectivity index is 2.06. The topological polar surface area (TPSA) is 38.0 Å². The van der Waals surface area contributed by atoms with Crippen LogP contribution in [0, 0.1) is 11.6 Å². The molecular formula is C12H12F2N2OS.